The third kappa shape index (κ3) is 5.60. The second kappa shape index (κ2) is 13.4. The van der Waals surface area contributed by atoms with Crippen LogP contribution in [-0.4, -0.2) is 16.2 Å². The Kier molecular flexibility index (Phi) is 7.81. The molecule has 0 fully saturated rings. The van der Waals surface area contributed by atoms with Crippen LogP contribution in [0.4, 0.5) is 11.4 Å². The van der Waals surface area contributed by atoms with Gasteiger partial charge in [-0.3, -0.25) is 0 Å². The van der Waals surface area contributed by atoms with E-state index >= 15 is 0 Å². The van der Waals surface area contributed by atoms with Gasteiger partial charge in [0.05, 0.1) is 11.0 Å². The molecule has 5 heteroatoms. The maximum absolute atomic E-state index is 5.00. The van der Waals surface area contributed by atoms with Crippen LogP contribution in [0.3, 0.4) is 0 Å². The summed E-state index contributed by atoms with van der Waals surface area (Å²) in [6.07, 6.45) is -0.244. The van der Waals surface area contributed by atoms with E-state index in [1.807, 2.05) is 36.4 Å². The lowest BCUT2D eigenvalue weighted by Crippen LogP contribution is -2.33. The Hall–Kier alpha value is -7.24. The third-order valence-corrected chi connectivity index (χ3v) is 10.2. The maximum Gasteiger partial charge on any atom is 0.159 e. The molecular weight excluding hydrogens is 659 g/mol. The number of para-hydroxylation sites is 3. The number of rotatable bonds is 7. The summed E-state index contributed by atoms with van der Waals surface area (Å²) in [4.78, 5) is 9.99. The quantitative estimate of drug-likeness (QED) is 0.175. The van der Waals surface area contributed by atoms with Crippen molar-refractivity contribution in [1.29, 1.82) is 0 Å². The molecule has 1 aliphatic rings. The number of aromatic nitrogens is 1. The van der Waals surface area contributed by atoms with Crippen molar-refractivity contribution in [3.63, 3.8) is 0 Å². The molecule has 0 aliphatic carbocycles. The van der Waals surface area contributed by atoms with Crippen LogP contribution in [-0.2, 0) is 0 Å². The summed E-state index contributed by atoms with van der Waals surface area (Å²) in [5.74, 6) is 1.50. The highest BCUT2D eigenvalue weighted by atomic mass is 15.2. The Morgan fingerprint density at radius 3 is 1.91 bits per heavy atom. The van der Waals surface area contributed by atoms with E-state index in [9.17, 15) is 0 Å². The van der Waals surface area contributed by atoms with Gasteiger partial charge in [0.2, 0.25) is 0 Å². The second-order valence-electron chi connectivity index (χ2n) is 13.5. The zero-order valence-corrected chi connectivity index (χ0v) is 29.4. The van der Waals surface area contributed by atoms with Gasteiger partial charge in [-0.1, -0.05) is 140 Å². The molecular formula is C49H35N5. The highest BCUT2D eigenvalue weighted by Gasteiger charge is 2.22. The maximum atomic E-state index is 5.00. The predicted molar refractivity (Wildman–Crippen MR) is 225 cm³/mol. The van der Waals surface area contributed by atoms with Crippen LogP contribution in [0.1, 0.15) is 22.9 Å². The van der Waals surface area contributed by atoms with Crippen molar-refractivity contribution in [3.8, 4) is 16.8 Å². The normalized spacial score (nSPS) is 14.1. The molecule has 2 heterocycles. The minimum Gasteiger partial charge on any atom is -0.355 e. The summed E-state index contributed by atoms with van der Waals surface area (Å²) in [6, 6.07) is 68.1. The van der Waals surface area contributed by atoms with Gasteiger partial charge in [0.15, 0.2) is 5.84 Å². The molecule has 0 saturated heterocycles. The lowest BCUT2D eigenvalue weighted by molar-refractivity contribution is 0.674. The lowest BCUT2D eigenvalue weighted by atomic mass is 9.93. The number of nitrogens with one attached hydrogen (secondary N) is 2. The Morgan fingerprint density at radius 1 is 0.500 bits per heavy atom. The van der Waals surface area contributed by atoms with Gasteiger partial charge in [-0.25, -0.2) is 9.98 Å². The first-order valence-electron chi connectivity index (χ1n) is 18.3. The van der Waals surface area contributed by atoms with E-state index in [1.165, 1.54) is 38.1 Å². The van der Waals surface area contributed by atoms with E-state index in [2.05, 4.69) is 173 Å². The number of hydrogen-bond acceptors (Lipinski definition) is 4. The fourth-order valence-corrected chi connectivity index (χ4v) is 7.72. The molecule has 0 spiro atoms. The zero-order valence-electron chi connectivity index (χ0n) is 29.4. The summed E-state index contributed by atoms with van der Waals surface area (Å²) in [6.45, 7) is 0. The monoisotopic (exact) mass is 693 g/mol. The summed E-state index contributed by atoms with van der Waals surface area (Å²) >= 11 is 0. The van der Waals surface area contributed by atoms with Crippen molar-refractivity contribution in [2.45, 2.75) is 6.17 Å². The first kappa shape index (κ1) is 31.5. The van der Waals surface area contributed by atoms with Crippen LogP contribution in [0.2, 0.25) is 0 Å². The Balaban J connectivity index is 1.04. The Labute approximate surface area is 313 Å². The number of amidine groups is 2. The minimum absolute atomic E-state index is 0.244. The number of fused-ring (bicyclic) bond motifs is 5. The summed E-state index contributed by atoms with van der Waals surface area (Å²) in [7, 11) is 0. The summed E-state index contributed by atoms with van der Waals surface area (Å²) in [5, 5.41) is 12.3. The fraction of sp³-hybridized carbons (Fsp3) is 0.0204. The van der Waals surface area contributed by atoms with E-state index in [0.717, 1.165) is 45.2 Å². The lowest BCUT2D eigenvalue weighted by Gasteiger charge is -2.23. The molecule has 1 aromatic heterocycles. The van der Waals surface area contributed by atoms with Crippen molar-refractivity contribution in [1.82, 2.24) is 9.88 Å². The molecule has 0 bridgehead atoms. The van der Waals surface area contributed by atoms with Gasteiger partial charge >= 0.3 is 0 Å². The summed E-state index contributed by atoms with van der Waals surface area (Å²) < 4.78 is 2.40. The molecule has 1 aliphatic heterocycles. The van der Waals surface area contributed by atoms with Gasteiger partial charge in [-0.2, -0.15) is 0 Å². The molecule has 8 aromatic carbocycles. The van der Waals surface area contributed by atoms with E-state index in [0.29, 0.717) is 5.84 Å². The fourth-order valence-electron chi connectivity index (χ4n) is 7.72. The van der Waals surface area contributed by atoms with Crippen LogP contribution in [0.25, 0.3) is 49.4 Å². The molecule has 1 atom stereocenters. The van der Waals surface area contributed by atoms with Crippen molar-refractivity contribution in [2.75, 3.05) is 5.32 Å². The summed E-state index contributed by atoms with van der Waals surface area (Å²) in [5.41, 5.74) is 10.9. The van der Waals surface area contributed by atoms with Crippen LogP contribution in [0.15, 0.2) is 204 Å². The first-order valence-corrected chi connectivity index (χ1v) is 18.3. The number of aliphatic imine (C=N–C) groups is 2. The Morgan fingerprint density at radius 2 is 1.13 bits per heavy atom. The number of hydrogen-bond donors (Lipinski definition) is 2. The van der Waals surface area contributed by atoms with Gasteiger partial charge in [-0.05, 0) is 76.5 Å². The number of nitrogens with zero attached hydrogens (tertiary/aromatic N) is 3. The third-order valence-electron chi connectivity index (χ3n) is 10.2. The molecule has 54 heavy (non-hydrogen) atoms. The van der Waals surface area contributed by atoms with Crippen LogP contribution >= 0.6 is 0 Å². The Bertz CT molecular complexity index is 2860. The van der Waals surface area contributed by atoms with E-state index in [1.54, 1.807) is 0 Å². The van der Waals surface area contributed by atoms with E-state index in [-0.39, 0.29) is 6.17 Å². The standard InChI is InChI=1S/C49H35N5/c1-4-16-33(17-5-1)47-51-48(34-18-6-2-7-19-34)53-49(52-47)35-28-30-36(31-29-35)50-43-26-14-12-23-39(43)42-32-45-46(40-24-11-10-22-38(40)42)41-25-13-15-27-44(41)54(45)37-20-8-3-9-21-37/h1-32,47,50H,(H,51,52,53). The molecule has 1 unspecified atom stereocenters. The minimum atomic E-state index is -0.244. The average molecular weight is 694 g/mol. The van der Waals surface area contributed by atoms with Gasteiger partial charge in [0.25, 0.3) is 0 Å². The van der Waals surface area contributed by atoms with Crippen LogP contribution in [0, 0.1) is 0 Å². The molecule has 0 radical (unpaired) electrons. The molecule has 0 amide bonds. The topological polar surface area (TPSA) is 53.7 Å². The zero-order chi connectivity index (χ0) is 35.8. The highest BCUT2D eigenvalue weighted by molar-refractivity contribution is 6.24. The first-order chi connectivity index (χ1) is 26.8. The van der Waals surface area contributed by atoms with Gasteiger partial charge < -0.3 is 15.2 Å². The highest BCUT2D eigenvalue weighted by Crippen LogP contribution is 2.43. The van der Waals surface area contributed by atoms with Gasteiger partial charge in [0, 0.05) is 44.5 Å². The van der Waals surface area contributed by atoms with E-state index < -0.39 is 0 Å². The van der Waals surface area contributed by atoms with Crippen LogP contribution < -0.4 is 10.6 Å². The van der Waals surface area contributed by atoms with E-state index in [4.69, 9.17) is 9.98 Å². The molecule has 9 aromatic rings. The van der Waals surface area contributed by atoms with Crippen LogP contribution in [0.5, 0.6) is 0 Å². The predicted octanol–water partition coefficient (Wildman–Crippen LogP) is 11.8. The number of benzene rings is 8. The molecule has 2 N–H and O–H groups in total. The average Bonchev–Trinajstić information content (AvgIpc) is 3.59. The van der Waals surface area contributed by atoms with Gasteiger partial charge in [-0.15, -0.1) is 0 Å². The van der Waals surface area contributed by atoms with Crippen molar-refractivity contribution in [3.05, 3.63) is 211 Å². The van der Waals surface area contributed by atoms with Crippen molar-refractivity contribution >= 4 is 55.6 Å². The molecule has 10 rings (SSSR count). The largest absolute Gasteiger partial charge is 0.355 e. The van der Waals surface area contributed by atoms with Gasteiger partial charge in [0.1, 0.15) is 12.0 Å². The second-order valence-corrected chi connectivity index (χ2v) is 13.5. The van der Waals surface area contributed by atoms with Crippen molar-refractivity contribution in [2.24, 2.45) is 9.98 Å². The molecule has 256 valence electrons. The number of anilines is 2. The SMILES string of the molecule is c1ccc(C2=NC(c3ccccc3)NC(c3ccc(Nc4ccccc4-c4cc5c(c6ccccc46)c4ccccc4n5-c4ccccc4)cc3)=N2)cc1. The smallest absolute Gasteiger partial charge is 0.159 e. The molecule has 0 saturated carbocycles. The molecule has 5 nitrogen and oxygen atoms in total. The van der Waals surface area contributed by atoms with Crippen molar-refractivity contribution < 1.29 is 0 Å².